The predicted molar refractivity (Wildman–Crippen MR) is 122 cm³/mol. The van der Waals surface area contributed by atoms with Crippen LogP contribution in [0.3, 0.4) is 0 Å². The van der Waals surface area contributed by atoms with E-state index in [1.807, 2.05) is 36.7 Å². The van der Waals surface area contributed by atoms with Crippen molar-refractivity contribution in [2.45, 2.75) is 20.3 Å². The number of carbonyl (C=O) groups is 3. The van der Waals surface area contributed by atoms with Gasteiger partial charge < -0.3 is 15.4 Å². The first-order valence-corrected chi connectivity index (χ1v) is 11.5. The fourth-order valence-electron chi connectivity index (χ4n) is 2.61. The van der Waals surface area contributed by atoms with Crippen molar-refractivity contribution in [1.82, 2.24) is 10.3 Å². The van der Waals surface area contributed by atoms with E-state index in [4.69, 9.17) is 4.74 Å². The fourth-order valence-corrected chi connectivity index (χ4v) is 4.25. The van der Waals surface area contributed by atoms with Crippen LogP contribution in [-0.4, -0.2) is 35.9 Å². The molecule has 31 heavy (non-hydrogen) atoms. The minimum Gasteiger partial charge on any atom is -0.455 e. The number of esters is 1. The van der Waals surface area contributed by atoms with Crippen molar-refractivity contribution in [3.8, 4) is 9.88 Å². The Bertz CT molecular complexity index is 1040. The van der Waals surface area contributed by atoms with Crippen LogP contribution in [0.2, 0.25) is 0 Å². The molecule has 1 aromatic carbocycles. The first-order valence-electron chi connectivity index (χ1n) is 9.73. The number of anilines is 1. The van der Waals surface area contributed by atoms with Crippen LogP contribution in [0.25, 0.3) is 9.88 Å². The zero-order chi connectivity index (χ0) is 22.2. The molecule has 162 valence electrons. The number of thiazole rings is 1. The van der Waals surface area contributed by atoms with Crippen molar-refractivity contribution in [2.75, 3.05) is 18.5 Å². The average molecular weight is 458 g/mol. The molecule has 0 saturated heterocycles. The number of hydrogen-bond acceptors (Lipinski definition) is 7. The van der Waals surface area contributed by atoms with E-state index < -0.39 is 18.5 Å². The van der Waals surface area contributed by atoms with Gasteiger partial charge >= 0.3 is 5.97 Å². The van der Waals surface area contributed by atoms with E-state index in [9.17, 15) is 14.4 Å². The standard InChI is InChI=1S/C22H23N3O4S2/c1-14(2)11-23-21(28)16-6-3-4-7-17(16)25-19(26)12-29-20(27)10-15-13-31-22(24-15)18-8-5-9-30-18/h3-9,13-14H,10-12H2,1-2H3,(H,23,28)(H,25,26). The normalized spacial score (nSPS) is 10.7. The molecule has 2 aromatic heterocycles. The zero-order valence-electron chi connectivity index (χ0n) is 17.2. The second kappa shape index (κ2) is 10.8. The minimum atomic E-state index is -0.541. The van der Waals surface area contributed by atoms with Crippen LogP contribution in [0.4, 0.5) is 5.69 Å². The Morgan fingerprint density at radius 3 is 2.65 bits per heavy atom. The van der Waals surface area contributed by atoms with Gasteiger partial charge in [-0.25, -0.2) is 4.98 Å². The number of thiophene rings is 1. The number of nitrogens with zero attached hydrogens (tertiary/aromatic N) is 1. The summed E-state index contributed by atoms with van der Waals surface area (Å²) in [7, 11) is 0. The van der Waals surface area contributed by atoms with Crippen molar-refractivity contribution >= 4 is 46.1 Å². The highest BCUT2D eigenvalue weighted by Crippen LogP contribution is 2.27. The highest BCUT2D eigenvalue weighted by atomic mass is 32.1. The van der Waals surface area contributed by atoms with Crippen molar-refractivity contribution in [2.24, 2.45) is 5.92 Å². The lowest BCUT2D eigenvalue weighted by molar-refractivity contribution is -0.146. The van der Waals surface area contributed by atoms with Gasteiger partial charge in [0.2, 0.25) is 0 Å². The quantitative estimate of drug-likeness (QED) is 0.474. The van der Waals surface area contributed by atoms with Gasteiger partial charge in [-0.05, 0) is 29.5 Å². The van der Waals surface area contributed by atoms with E-state index in [0.717, 1.165) is 9.88 Å². The maximum atomic E-state index is 12.4. The first-order chi connectivity index (χ1) is 14.9. The molecular weight excluding hydrogens is 434 g/mol. The summed E-state index contributed by atoms with van der Waals surface area (Å²) < 4.78 is 5.07. The Kier molecular flexibility index (Phi) is 7.91. The van der Waals surface area contributed by atoms with Gasteiger partial charge in [-0.1, -0.05) is 32.0 Å². The molecule has 2 N–H and O–H groups in total. The molecule has 2 heterocycles. The third kappa shape index (κ3) is 6.73. The predicted octanol–water partition coefficient (Wildman–Crippen LogP) is 3.98. The van der Waals surface area contributed by atoms with E-state index in [1.165, 1.54) is 11.3 Å². The largest absolute Gasteiger partial charge is 0.455 e. The minimum absolute atomic E-state index is 0.0106. The number of hydrogen-bond donors (Lipinski definition) is 2. The van der Waals surface area contributed by atoms with Gasteiger partial charge in [0.05, 0.1) is 28.2 Å². The highest BCUT2D eigenvalue weighted by molar-refractivity contribution is 7.20. The van der Waals surface area contributed by atoms with Crippen LogP contribution in [0, 0.1) is 5.92 Å². The molecule has 0 saturated carbocycles. The van der Waals surface area contributed by atoms with Crippen LogP contribution in [0.1, 0.15) is 29.9 Å². The molecule has 0 fully saturated rings. The summed E-state index contributed by atoms with van der Waals surface area (Å²) in [6.45, 7) is 4.08. The van der Waals surface area contributed by atoms with Crippen LogP contribution in [0.15, 0.2) is 47.2 Å². The number of rotatable bonds is 9. The third-order valence-electron chi connectivity index (χ3n) is 4.09. The summed E-state index contributed by atoms with van der Waals surface area (Å²) in [5.74, 6) is -1.02. The van der Waals surface area contributed by atoms with Gasteiger partial charge in [0.15, 0.2) is 6.61 Å². The van der Waals surface area contributed by atoms with Gasteiger partial charge in [-0.2, -0.15) is 0 Å². The topological polar surface area (TPSA) is 97.4 Å². The van der Waals surface area contributed by atoms with Crippen LogP contribution < -0.4 is 10.6 Å². The molecule has 0 radical (unpaired) electrons. The molecule has 3 rings (SSSR count). The number of benzene rings is 1. The van der Waals surface area contributed by atoms with Crippen molar-refractivity contribution in [3.05, 3.63) is 58.4 Å². The Morgan fingerprint density at radius 1 is 1.10 bits per heavy atom. The summed E-state index contributed by atoms with van der Waals surface area (Å²) in [5.41, 5.74) is 1.32. The van der Waals surface area contributed by atoms with Gasteiger partial charge in [0.1, 0.15) is 5.01 Å². The fraction of sp³-hybridized carbons (Fsp3) is 0.273. The average Bonchev–Trinajstić information content (AvgIpc) is 3.43. The van der Waals surface area contributed by atoms with Crippen LogP contribution >= 0.6 is 22.7 Å². The lowest BCUT2D eigenvalue weighted by Gasteiger charge is -2.12. The molecule has 0 bridgehead atoms. The Morgan fingerprint density at radius 2 is 1.90 bits per heavy atom. The van der Waals surface area contributed by atoms with Gasteiger partial charge in [0, 0.05) is 11.9 Å². The molecule has 0 unspecified atom stereocenters. The second-order valence-corrected chi connectivity index (χ2v) is 8.96. The van der Waals surface area contributed by atoms with Crippen LogP contribution in [0.5, 0.6) is 0 Å². The third-order valence-corrected chi connectivity index (χ3v) is 6.02. The number of nitrogens with one attached hydrogen (secondary N) is 2. The van der Waals surface area contributed by atoms with Crippen molar-refractivity contribution in [3.63, 3.8) is 0 Å². The van der Waals surface area contributed by atoms with Crippen LogP contribution in [-0.2, 0) is 20.7 Å². The highest BCUT2D eigenvalue weighted by Gasteiger charge is 2.15. The van der Waals surface area contributed by atoms with Gasteiger partial charge in [0.25, 0.3) is 11.8 Å². The van der Waals surface area contributed by atoms with E-state index in [-0.39, 0.29) is 12.3 Å². The van der Waals surface area contributed by atoms with E-state index in [1.54, 1.807) is 35.6 Å². The molecule has 0 spiro atoms. The monoisotopic (exact) mass is 457 g/mol. The number of carbonyl (C=O) groups excluding carboxylic acids is 3. The number of ether oxygens (including phenoxy) is 1. The van der Waals surface area contributed by atoms with Gasteiger partial charge in [-0.15, -0.1) is 22.7 Å². The molecular formula is C22H23N3O4S2. The Balaban J connectivity index is 1.50. The molecule has 0 atom stereocenters. The van der Waals surface area contributed by atoms with Crippen molar-refractivity contribution in [1.29, 1.82) is 0 Å². The maximum Gasteiger partial charge on any atom is 0.312 e. The molecule has 7 nitrogen and oxygen atoms in total. The summed E-state index contributed by atoms with van der Waals surface area (Å²) >= 11 is 3.04. The van der Waals surface area contributed by atoms with Crippen molar-refractivity contribution < 1.29 is 19.1 Å². The van der Waals surface area contributed by atoms with E-state index >= 15 is 0 Å². The Hall–Kier alpha value is -3.04. The number of amides is 2. The molecule has 0 aliphatic rings. The van der Waals surface area contributed by atoms with Gasteiger partial charge in [-0.3, -0.25) is 14.4 Å². The zero-order valence-corrected chi connectivity index (χ0v) is 18.8. The SMILES string of the molecule is CC(C)CNC(=O)c1ccccc1NC(=O)COC(=O)Cc1csc(-c2cccs2)n1. The summed E-state index contributed by atoms with van der Waals surface area (Å²) in [4.78, 5) is 42.2. The second-order valence-electron chi connectivity index (χ2n) is 7.16. The summed E-state index contributed by atoms with van der Waals surface area (Å²) in [5, 5.41) is 10.1. The molecule has 3 aromatic rings. The molecule has 0 aliphatic carbocycles. The lowest BCUT2D eigenvalue weighted by Crippen LogP contribution is -2.29. The number of para-hydroxylation sites is 1. The molecule has 0 aliphatic heterocycles. The Labute approximate surface area is 188 Å². The first kappa shape index (κ1) is 22.6. The number of aromatic nitrogens is 1. The molecule has 9 heteroatoms. The maximum absolute atomic E-state index is 12.4. The summed E-state index contributed by atoms with van der Waals surface area (Å²) in [6.07, 6.45) is -0.0106. The summed E-state index contributed by atoms with van der Waals surface area (Å²) in [6, 6.07) is 10.6. The molecule has 2 amide bonds. The van der Waals surface area contributed by atoms with E-state index in [2.05, 4.69) is 15.6 Å². The smallest absolute Gasteiger partial charge is 0.312 e. The lowest BCUT2D eigenvalue weighted by atomic mass is 10.1. The van der Waals surface area contributed by atoms with E-state index in [0.29, 0.717) is 29.4 Å².